The van der Waals surface area contributed by atoms with Crippen molar-refractivity contribution in [2.75, 3.05) is 18.1 Å². The van der Waals surface area contributed by atoms with Crippen molar-refractivity contribution in [3.05, 3.63) is 23.0 Å². The zero-order valence-electron chi connectivity index (χ0n) is 9.44. The van der Waals surface area contributed by atoms with Gasteiger partial charge in [-0.1, -0.05) is 0 Å². The number of fused-ring (bicyclic) bond motifs is 1. The third kappa shape index (κ3) is 1.92. The molecule has 2 aromatic heterocycles. The minimum atomic E-state index is -0.263. The van der Waals surface area contributed by atoms with Gasteiger partial charge in [0.2, 0.25) is 0 Å². The van der Waals surface area contributed by atoms with Crippen molar-refractivity contribution in [1.82, 2.24) is 19.5 Å². The maximum absolute atomic E-state index is 11.5. The zero-order chi connectivity index (χ0) is 12.5. The summed E-state index contributed by atoms with van der Waals surface area (Å²) in [6.45, 7) is -0.00978. The lowest BCUT2D eigenvalue weighted by Crippen LogP contribution is -2.32. The molecular formula is C10H12N4O3S. The Balaban J connectivity index is 1.99. The summed E-state index contributed by atoms with van der Waals surface area (Å²) in [5.74, 6) is 1.52. The van der Waals surface area contributed by atoms with Crippen molar-refractivity contribution in [2.24, 2.45) is 0 Å². The minimum Gasteiger partial charge on any atom is -0.394 e. The molecule has 8 heteroatoms. The van der Waals surface area contributed by atoms with Gasteiger partial charge in [-0.25, -0.2) is 9.97 Å². The first kappa shape index (κ1) is 11.7. The van der Waals surface area contributed by atoms with E-state index in [-0.39, 0.29) is 24.5 Å². The Morgan fingerprint density at radius 2 is 2.44 bits per heavy atom. The van der Waals surface area contributed by atoms with Gasteiger partial charge in [0, 0.05) is 11.5 Å². The van der Waals surface area contributed by atoms with Gasteiger partial charge in [0.15, 0.2) is 11.2 Å². The second-order valence-corrected chi connectivity index (χ2v) is 5.06. The molecule has 18 heavy (non-hydrogen) atoms. The molecular weight excluding hydrogens is 256 g/mol. The summed E-state index contributed by atoms with van der Waals surface area (Å²) in [6.07, 6.45) is 2.47. The van der Waals surface area contributed by atoms with Crippen LogP contribution >= 0.6 is 11.8 Å². The Labute approximate surface area is 106 Å². The van der Waals surface area contributed by atoms with Crippen LogP contribution in [0.25, 0.3) is 11.2 Å². The highest BCUT2D eigenvalue weighted by Gasteiger charge is 2.25. The molecule has 1 aliphatic heterocycles. The predicted molar refractivity (Wildman–Crippen MR) is 66.5 cm³/mol. The highest BCUT2D eigenvalue weighted by molar-refractivity contribution is 7.99. The molecule has 0 saturated carbocycles. The van der Waals surface area contributed by atoms with Crippen LogP contribution in [0.15, 0.2) is 17.4 Å². The smallest absolute Gasteiger partial charge is 0.278 e. The molecule has 1 fully saturated rings. The Hall–Kier alpha value is -1.38. The van der Waals surface area contributed by atoms with Gasteiger partial charge in [-0.05, 0) is 0 Å². The second kappa shape index (κ2) is 4.71. The van der Waals surface area contributed by atoms with E-state index < -0.39 is 0 Å². The fraction of sp³-hybridized carbons (Fsp3) is 0.500. The average Bonchev–Trinajstić information content (AvgIpc) is 2.84. The molecule has 2 aromatic rings. The molecule has 0 aromatic carbocycles. The van der Waals surface area contributed by atoms with Crippen LogP contribution in [-0.2, 0) is 4.74 Å². The lowest BCUT2D eigenvalue weighted by atomic mass is 10.4. The van der Waals surface area contributed by atoms with Crippen molar-refractivity contribution in [1.29, 1.82) is 0 Å². The third-order valence-corrected chi connectivity index (χ3v) is 3.92. The van der Waals surface area contributed by atoms with Crippen molar-refractivity contribution < 1.29 is 9.84 Å². The number of aromatic nitrogens is 4. The van der Waals surface area contributed by atoms with Gasteiger partial charge >= 0.3 is 0 Å². The largest absolute Gasteiger partial charge is 0.394 e. The van der Waals surface area contributed by atoms with E-state index in [9.17, 15) is 4.79 Å². The SMILES string of the molecule is O=c1[nH]cnc2c1ncn2C1CSC[C@@H](CO)O1. The number of aromatic amines is 1. The Bertz CT molecular complexity index is 610. The average molecular weight is 268 g/mol. The number of H-pyrrole nitrogens is 1. The molecule has 0 spiro atoms. The first-order valence-electron chi connectivity index (χ1n) is 5.54. The molecule has 2 atom stereocenters. The van der Waals surface area contributed by atoms with Crippen LogP contribution in [0, 0.1) is 0 Å². The summed E-state index contributed by atoms with van der Waals surface area (Å²) in [5, 5.41) is 9.13. The number of rotatable bonds is 2. The summed E-state index contributed by atoms with van der Waals surface area (Å²) in [7, 11) is 0. The molecule has 1 aliphatic rings. The number of nitrogens with zero attached hydrogens (tertiary/aromatic N) is 3. The molecule has 0 amide bonds. The first-order chi connectivity index (χ1) is 8.79. The van der Waals surface area contributed by atoms with Crippen molar-refractivity contribution in [2.45, 2.75) is 12.3 Å². The Morgan fingerprint density at radius 1 is 1.56 bits per heavy atom. The van der Waals surface area contributed by atoms with Crippen LogP contribution < -0.4 is 5.56 Å². The number of imidazole rings is 1. The Kier molecular flexibility index (Phi) is 3.06. The van der Waals surface area contributed by atoms with E-state index in [4.69, 9.17) is 9.84 Å². The van der Waals surface area contributed by atoms with Crippen LogP contribution in [0.4, 0.5) is 0 Å². The monoisotopic (exact) mass is 268 g/mol. The summed E-state index contributed by atoms with van der Waals surface area (Å²) in [6, 6.07) is 0. The number of aliphatic hydroxyl groups is 1. The normalized spacial score (nSPS) is 24.5. The highest BCUT2D eigenvalue weighted by Crippen LogP contribution is 2.26. The van der Waals surface area contributed by atoms with E-state index in [0.717, 1.165) is 11.5 Å². The van der Waals surface area contributed by atoms with Gasteiger partial charge in [-0.3, -0.25) is 9.36 Å². The van der Waals surface area contributed by atoms with Crippen LogP contribution in [0.5, 0.6) is 0 Å². The molecule has 1 unspecified atom stereocenters. The summed E-state index contributed by atoms with van der Waals surface area (Å²) >= 11 is 1.70. The third-order valence-electron chi connectivity index (χ3n) is 2.79. The molecule has 96 valence electrons. The van der Waals surface area contributed by atoms with Gasteiger partial charge < -0.3 is 14.8 Å². The number of thioether (sulfide) groups is 1. The van der Waals surface area contributed by atoms with Crippen molar-refractivity contribution in [3.63, 3.8) is 0 Å². The summed E-state index contributed by atoms with van der Waals surface area (Å²) < 4.78 is 7.46. The predicted octanol–water partition coefficient (Wildman–Crippen LogP) is -0.258. The molecule has 0 aliphatic carbocycles. The quantitative estimate of drug-likeness (QED) is 0.779. The Morgan fingerprint density at radius 3 is 3.28 bits per heavy atom. The van der Waals surface area contributed by atoms with Crippen LogP contribution in [-0.4, -0.2) is 48.8 Å². The van der Waals surface area contributed by atoms with E-state index in [2.05, 4.69) is 15.0 Å². The second-order valence-electron chi connectivity index (χ2n) is 3.99. The molecule has 2 N–H and O–H groups in total. The standard InChI is InChI=1S/C10H12N4O3S/c15-1-6-2-18-3-7(17-6)14-5-13-8-9(14)11-4-12-10(8)16/h4-7,15H,1-3H2,(H,11,12,16)/t6-,7?/m1/s1. The van der Waals surface area contributed by atoms with Crippen LogP contribution in [0.2, 0.25) is 0 Å². The molecule has 0 radical (unpaired) electrons. The van der Waals surface area contributed by atoms with Gasteiger partial charge in [-0.15, -0.1) is 0 Å². The van der Waals surface area contributed by atoms with Crippen LogP contribution in [0.1, 0.15) is 6.23 Å². The van der Waals surface area contributed by atoms with Crippen molar-refractivity contribution >= 4 is 22.9 Å². The maximum atomic E-state index is 11.5. The fourth-order valence-electron chi connectivity index (χ4n) is 1.92. The zero-order valence-corrected chi connectivity index (χ0v) is 10.3. The van der Waals surface area contributed by atoms with E-state index in [1.165, 1.54) is 6.33 Å². The number of hydrogen-bond donors (Lipinski definition) is 2. The van der Waals surface area contributed by atoms with Gasteiger partial charge in [0.1, 0.15) is 6.23 Å². The van der Waals surface area contributed by atoms with Gasteiger partial charge in [-0.2, -0.15) is 11.8 Å². The number of aliphatic hydroxyl groups excluding tert-OH is 1. The molecule has 0 bridgehead atoms. The lowest BCUT2D eigenvalue weighted by Gasteiger charge is -2.29. The number of hydrogen-bond acceptors (Lipinski definition) is 6. The fourth-order valence-corrected chi connectivity index (χ4v) is 2.94. The summed E-state index contributed by atoms with van der Waals surface area (Å²) in [5.41, 5.74) is 0.543. The highest BCUT2D eigenvalue weighted by atomic mass is 32.2. The van der Waals surface area contributed by atoms with Crippen molar-refractivity contribution in [3.8, 4) is 0 Å². The van der Waals surface area contributed by atoms with Crippen LogP contribution in [0.3, 0.4) is 0 Å². The van der Waals surface area contributed by atoms with E-state index >= 15 is 0 Å². The molecule has 7 nitrogen and oxygen atoms in total. The minimum absolute atomic E-state index is 0.00978. The van der Waals surface area contributed by atoms with Gasteiger partial charge in [0.05, 0.1) is 25.4 Å². The topological polar surface area (TPSA) is 93.0 Å². The maximum Gasteiger partial charge on any atom is 0.278 e. The first-order valence-corrected chi connectivity index (χ1v) is 6.69. The number of nitrogens with one attached hydrogen (secondary N) is 1. The van der Waals surface area contributed by atoms with Gasteiger partial charge in [0.25, 0.3) is 5.56 Å². The lowest BCUT2D eigenvalue weighted by molar-refractivity contribution is -0.0548. The molecule has 3 heterocycles. The van der Waals surface area contributed by atoms with E-state index in [0.29, 0.717) is 11.2 Å². The van der Waals surface area contributed by atoms with E-state index in [1.807, 2.05) is 0 Å². The molecule has 3 rings (SSSR count). The molecule has 1 saturated heterocycles. The summed E-state index contributed by atoms with van der Waals surface area (Å²) in [4.78, 5) is 22.2. The van der Waals surface area contributed by atoms with E-state index in [1.54, 1.807) is 22.7 Å². The number of ether oxygens (including phenoxy) is 1.